The maximum Gasteiger partial charge on any atom is 0.194 e. The second kappa shape index (κ2) is 12.1. The first-order valence-electron chi connectivity index (χ1n) is 13.6. The molecule has 0 aromatic heterocycles. The molecule has 0 saturated heterocycles. The molecular formula is C37H31N3. The first kappa shape index (κ1) is 25.0. The van der Waals surface area contributed by atoms with Crippen LogP contribution in [0.2, 0.25) is 0 Å². The second-order valence-electron chi connectivity index (χ2n) is 9.47. The van der Waals surface area contributed by atoms with Crippen LogP contribution >= 0.6 is 0 Å². The summed E-state index contributed by atoms with van der Waals surface area (Å²) in [5, 5.41) is 0. The lowest BCUT2D eigenvalue weighted by molar-refractivity contribution is 0.665. The predicted octanol–water partition coefficient (Wildman–Crippen LogP) is 9.78. The first-order valence-corrected chi connectivity index (χ1v) is 13.6. The van der Waals surface area contributed by atoms with Gasteiger partial charge in [-0.2, -0.15) is 0 Å². The summed E-state index contributed by atoms with van der Waals surface area (Å²) in [6.45, 7) is 0. The zero-order valence-corrected chi connectivity index (χ0v) is 22.2. The third kappa shape index (κ3) is 5.31. The van der Waals surface area contributed by atoms with Crippen molar-refractivity contribution in [1.29, 1.82) is 0 Å². The normalized spacial score (nSPS) is 10.7. The average Bonchev–Trinajstić information content (AvgIpc) is 3.04. The predicted molar refractivity (Wildman–Crippen MR) is 169 cm³/mol. The Balaban J connectivity index is 1.69. The van der Waals surface area contributed by atoms with Crippen molar-refractivity contribution in [1.82, 2.24) is 0 Å². The maximum atomic E-state index is 2.42. The van der Waals surface area contributed by atoms with E-state index in [2.05, 4.69) is 197 Å². The number of hydrogen-bond donors (Lipinski definition) is 0. The Morgan fingerprint density at radius 3 is 0.525 bits per heavy atom. The van der Waals surface area contributed by atoms with E-state index in [9.17, 15) is 0 Å². The van der Waals surface area contributed by atoms with Crippen molar-refractivity contribution in [2.75, 3.05) is 14.7 Å². The van der Waals surface area contributed by atoms with Crippen molar-refractivity contribution in [2.45, 2.75) is 6.29 Å². The molecule has 0 aliphatic heterocycles. The Morgan fingerprint density at radius 2 is 0.375 bits per heavy atom. The summed E-state index contributed by atoms with van der Waals surface area (Å²) in [6, 6.07) is 63.9. The van der Waals surface area contributed by atoms with E-state index >= 15 is 0 Å². The third-order valence-electron chi connectivity index (χ3n) is 6.90. The van der Waals surface area contributed by atoms with Crippen LogP contribution in [-0.2, 0) is 0 Å². The molecule has 0 spiro atoms. The van der Waals surface area contributed by atoms with E-state index < -0.39 is 0 Å². The molecule has 0 bridgehead atoms. The quantitative estimate of drug-likeness (QED) is 0.177. The van der Waals surface area contributed by atoms with Crippen LogP contribution in [0.1, 0.15) is 0 Å². The standard InChI is InChI=1S/C37H31N3/c1-7-19-31(20-8-1)38(32-21-9-2-10-22-32)37(39(33-23-11-3-12-24-33)34-25-13-4-14-26-34)40(35-27-15-5-16-28-35)36-29-17-6-18-30-36/h1-30,37H. The maximum absolute atomic E-state index is 2.42. The SMILES string of the molecule is c1ccc(N(c2ccccc2)C(N(c2ccccc2)c2ccccc2)N(c2ccccc2)c2ccccc2)cc1. The van der Waals surface area contributed by atoms with E-state index in [0.29, 0.717) is 0 Å². The topological polar surface area (TPSA) is 9.72 Å². The summed E-state index contributed by atoms with van der Waals surface area (Å²) >= 11 is 0. The zero-order chi connectivity index (χ0) is 27.0. The van der Waals surface area contributed by atoms with Gasteiger partial charge in [-0.3, -0.25) is 0 Å². The summed E-state index contributed by atoms with van der Waals surface area (Å²) in [5.41, 5.74) is 6.54. The molecule has 6 aromatic rings. The van der Waals surface area contributed by atoms with Gasteiger partial charge in [0.25, 0.3) is 0 Å². The van der Waals surface area contributed by atoms with E-state index in [4.69, 9.17) is 0 Å². The van der Waals surface area contributed by atoms with Gasteiger partial charge in [0.05, 0.1) is 0 Å². The average molecular weight is 518 g/mol. The highest BCUT2D eigenvalue weighted by molar-refractivity contribution is 5.77. The van der Waals surface area contributed by atoms with E-state index in [-0.39, 0.29) is 6.29 Å². The smallest absolute Gasteiger partial charge is 0.194 e. The lowest BCUT2D eigenvalue weighted by atomic mass is 10.1. The molecule has 0 amide bonds. The summed E-state index contributed by atoms with van der Waals surface area (Å²) < 4.78 is 0. The molecule has 0 unspecified atom stereocenters. The fourth-order valence-corrected chi connectivity index (χ4v) is 5.13. The molecule has 3 nitrogen and oxygen atoms in total. The van der Waals surface area contributed by atoms with Crippen LogP contribution in [-0.4, -0.2) is 6.29 Å². The monoisotopic (exact) mass is 517 g/mol. The summed E-state index contributed by atoms with van der Waals surface area (Å²) in [5.74, 6) is 0. The van der Waals surface area contributed by atoms with Gasteiger partial charge in [-0.1, -0.05) is 109 Å². The summed E-state index contributed by atoms with van der Waals surface area (Å²) in [6.07, 6.45) is -0.320. The number of anilines is 6. The van der Waals surface area contributed by atoms with Crippen LogP contribution in [0.3, 0.4) is 0 Å². The van der Waals surface area contributed by atoms with Gasteiger partial charge < -0.3 is 14.7 Å². The lowest BCUT2D eigenvalue weighted by Crippen LogP contribution is -2.54. The number of hydrogen-bond acceptors (Lipinski definition) is 3. The van der Waals surface area contributed by atoms with Gasteiger partial charge in [-0.05, 0) is 72.8 Å². The highest BCUT2D eigenvalue weighted by Gasteiger charge is 2.35. The molecule has 6 aromatic carbocycles. The minimum absolute atomic E-state index is 0.320. The van der Waals surface area contributed by atoms with Gasteiger partial charge in [0.1, 0.15) is 0 Å². The van der Waals surface area contributed by atoms with Crippen molar-refractivity contribution in [3.05, 3.63) is 182 Å². The van der Waals surface area contributed by atoms with E-state index in [1.165, 1.54) is 0 Å². The minimum Gasteiger partial charge on any atom is -0.303 e. The number of para-hydroxylation sites is 6. The number of rotatable bonds is 9. The summed E-state index contributed by atoms with van der Waals surface area (Å²) in [4.78, 5) is 7.25. The Bertz CT molecular complexity index is 1260. The van der Waals surface area contributed by atoms with Crippen molar-refractivity contribution in [3.8, 4) is 0 Å². The van der Waals surface area contributed by atoms with Crippen molar-refractivity contribution < 1.29 is 0 Å². The summed E-state index contributed by atoms with van der Waals surface area (Å²) in [7, 11) is 0. The van der Waals surface area contributed by atoms with E-state index in [1.807, 2.05) is 0 Å². The van der Waals surface area contributed by atoms with E-state index in [1.54, 1.807) is 0 Å². The number of benzene rings is 6. The molecule has 0 aliphatic carbocycles. The first-order chi connectivity index (χ1) is 19.9. The molecule has 0 N–H and O–H groups in total. The van der Waals surface area contributed by atoms with Gasteiger partial charge in [0, 0.05) is 34.1 Å². The van der Waals surface area contributed by atoms with Crippen LogP contribution < -0.4 is 14.7 Å². The zero-order valence-electron chi connectivity index (χ0n) is 22.2. The molecule has 194 valence electrons. The Hall–Kier alpha value is -5.28. The van der Waals surface area contributed by atoms with Crippen LogP contribution in [0.15, 0.2) is 182 Å². The molecular weight excluding hydrogens is 486 g/mol. The largest absolute Gasteiger partial charge is 0.303 e. The molecule has 0 fully saturated rings. The minimum atomic E-state index is -0.320. The van der Waals surface area contributed by atoms with Gasteiger partial charge in [-0.25, -0.2) is 0 Å². The van der Waals surface area contributed by atoms with Crippen molar-refractivity contribution in [2.24, 2.45) is 0 Å². The lowest BCUT2D eigenvalue weighted by Gasteiger charge is -2.48. The molecule has 0 radical (unpaired) electrons. The van der Waals surface area contributed by atoms with Crippen molar-refractivity contribution >= 4 is 34.1 Å². The highest BCUT2D eigenvalue weighted by atomic mass is 15.5. The molecule has 3 heteroatoms. The molecule has 0 saturated carbocycles. The van der Waals surface area contributed by atoms with Gasteiger partial charge in [0.15, 0.2) is 6.29 Å². The molecule has 40 heavy (non-hydrogen) atoms. The van der Waals surface area contributed by atoms with Crippen LogP contribution in [0.4, 0.5) is 34.1 Å². The Kier molecular flexibility index (Phi) is 7.54. The second-order valence-corrected chi connectivity index (χ2v) is 9.47. The molecule has 6 rings (SSSR count). The van der Waals surface area contributed by atoms with Crippen LogP contribution in [0.25, 0.3) is 0 Å². The highest BCUT2D eigenvalue weighted by Crippen LogP contribution is 2.41. The van der Waals surface area contributed by atoms with Gasteiger partial charge in [0.2, 0.25) is 0 Å². The van der Waals surface area contributed by atoms with Crippen LogP contribution in [0, 0.1) is 0 Å². The van der Waals surface area contributed by atoms with E-state index in [0.717, 1.165) is 34.1 Å². The fourth-order valence-electron chi connectivity index (χ4n) is 5.13. The van der Waals surface area contributed by atoms with Gasteiger partial charge >= 0.3 is 0 Å². The fraction of sp³-hybridized carbons (Fsp3) is 0.0270. The Morgan fingerprint density at radius 1 is 0.225 bits per heavy atom. The molecule has 0 aliphatic rings. The molecule has 0 atom stereocenters. The van der Waals surface area contributed by atoms with Crippen molar-refractivity contribution in [3.63, 3.8) is 0 Å². The van der Waals surface area contributed by atoms with Gasteiger partial charge in [-0.15, -0.1) is 0 Å². The molecule has 0 heterocycles. The Labute approximate surface area is 236 Å². The third-order valence-corrected chi connectivity index (χ3v) is 6.90. The number of nitrogens with zero attached hydrogens (tertiary/aromatic N) is 3. The van der Waals surface area contributed by atoms with Crippen LogP contribution in [0.5, 0.6) is 0 Å².